The van der Waals surface area contributed by atoms with E-state index in [2.05, 4.69) is 6.07 Å². The van der Waals surface area contributed by atoms with Crippen LogP contribution < -0.4 is 21.7 Å². The zero-order valence-corrected chi connectivity index (χ0v) is 12.4. The first-order valence-corrected chi connectivity index (χ1v) is 4.61. The predicted octanol–water partition coefficient (Wildman–Crippen LogP) is -0.0753. The quantitative estimate of drug-likeness (QED) is 0.557. The van der Waals surface area contributed by atoms with Crippen LogP contribution in [0.3, 0.4) is 0 Å². The zero-order valence-electron chi connectivity index (χ0n) is 9.41. The summed E-state index contributed by atoms with van der Waals surface area (Å²) in [6.07, 6.45) is 0. The van der Waals surface area contributed by atoms with Gasteiger partial charge in [-0.15, -0.1) is 5.56 Å². The molecule has 2 aromatic carbocycles. The van der Waals surface area contributed by atoms with Gasteiger partial charge in [0.2, 0.25) is 0 Å². The monoisotopic (exact) mass is 304 g/mol. The second kappa shape index (κ2) is 7.69. The largest absolute Gasteiger partial charge is 2.00 e. The number of benzene rings is 2. The van der Waals surface area contributed by atoms with Crippen LogP contribution in [0.25, 0.3) is 11.1 Å². The van der Waals surface area contributed by atoms with Gasteiger partial charge in [0.25, 0.3) is 0 Å². The van der Waals surface area contributed by atoms with E-state index in [0.717, 1.165) is 11.1 Å². The fourth-order valence-corrected chi connectivity index (χ4v) is 1.42. The van der Waals surface area contributed by atoms with E-state index in [1.54, 1.807) is 6.07 Å². The number of rotatable bonds is 2. The fraction of sp³-hybridized carbons (Fsp3) is 0.0769. The van der Waals surface area contributed by atoms with Crippen LogP contribution in [0.4, 0.5) is 4.39 Å². The van der Waals surface area contributed by atoms with Gasteiger partial charge in [-0.05, 0) is 12.1 Å². The maximum atomic E-state index is 13.4. The molecule has 0 aliphatic heterocycles. The van der Waals surface area contributed by atoms with E-state index < -0.39 is 0 Å². The molecule has 1 nitrogen and oxygen atoms in total. The summed E-state index contributed by atoms with van der Waals surface area (Å²) < 4.78 is 18.3. The van der Waals surface area contributed by atoms with Gasteiger partial charge < -0.3 is 21.7 Å². The maximum Gasteiger partial charge on any atom is 2.00 e. The van der Waals surface area contributed by atoms with Gasteiger partial charge in [-0.2, -0.15) is 30.3 Å². The summed E-state index contributed by atoms with van der Waals surface area (Å²) in [4.78, 5) is 0. The number of halogens is 2. The molecule has 0 fully saturated rings. The molecule has 0 saturated heterocycles. The Kier molecular flexibility index (Phi) is 7.42. The Labute approximate surface area is 127 Å². The second-order valence-corrected chi connectivity index (χ2v) is 3.14. The van der Waals surface area contributed by atoms with Crippen LogP contribution in [0.2, 0.25) is 0 Å². The third-order valence-electron chi connectivity index (χ3n) is 2.19. The molecule has 0 aliphatic carbocycles. The van der Waals surface area contributed by atoms with Gasteiger partial charge in [0, 0.05) is 0 Å². The molecular formula is C13H10BrFMgO. The number of hydrogen-bond donors (Lipinski definition) is 0. The Hall–Kier alpha value is -0.584. The average Bonchev–Trinajstić information content (AvgIpc) is 2.30. The summed E-state index contributed by atoms with van der Waals surface area (Å²) in [6.45, 7) is 0. The first-order chi connectivity index (χ1) is 7.31. The van der Waals surface area contributed by atoms with Crippen molar-refractivity contribution in [1.82, 2.24) is 0 Å². The van der Waals surface area contributed by atoms with Crippen LogP contribution in [0.5, 0.6) is 5.75 Å². The molecule has 0 amide bonds. The van der Waals surface area contributed by atoms with Gasteiger partial charge in [0.1, 0.15) is 0 Å². The second-order valence-electron chi connectivity index (χ2n) is 3.14. The van der Waals surface area contributed by atoms with E-state index in [1.807, 2.05) is 30.3 Å². The molecule has 2 rings (SSSR count). The number of methoxy groups -OCH3 is 1. The third-order valence-corrected chi connectivity index (χ3v) is 2.19. The molecule has 0 bridgehead atoms. The van der Waals surface area contributed by atoms with Crippen LogP contribution in [0.1, 0.15) is 0 Å². The van der Waals surface area contributed by atoms with Gasteiger partial charge in [0.05, 0.1) is 7.11 Å². The van der Waals surface area contributed by atoms with E-state index >= 15 is 0 Å². The van der Waals surface area contributed by atoms with Gasteiger partial charge in [-0.3, -0.25) is 0 Å². The van der Waals surface area contributed by atoms with Crippen molar-refractivity contribution in [2.45, 2.75) is 0 Å². The first kappa shape index (κ1) is 16.4. The minimum atomic E-state index is -0.348. The van der Waals surface area contributed by atoms with Gasteiger partial charge in [-0.25, -0.2) is 4.39 Å². The van der Waals surface area contributed by atoms with Crippen molar-refractivity contribution in [2.24, 2.45) is 0 Å². The summed E-state index contributed by atoms with van der Waals surface area (Å²) in [5, 5.41) is 0. The van der Waals surface area contributed by atoms with Crippen LogP contribution in [0, 0.1) is 11.9 Å². The molecule has 0 N–H and O–H groups in total. The Morgan fingerprint density at radius 1 is 1.18 bits per heavy atom. The Morgan fingerprint density at radius 3 is 2.47 bits per heavy atom. The summed E-state index contributed by atoms with van der Waals surface area (Å²) in [5.74, 6) is -0.0856. The molecule has 0 radical (unpaired) electrons. The topological polar surface area (TPSA) is 9.23 Å². The van der Waals surface area contributed by atoms with Crippen molar-refractivity contribution in [3.05, 3.63) is 54.3 Å². The smallest absolute Gasteiger partial charge is 1.00 e. The SMILES string of the molecule is COc1ccc(-c2c[c-]ccc2)cc1F.[Br-].[Mg+2]. The van der Waals surface area contributed by atoms with E-state index in [1.165, 1.54) is 13.2 Å². The number of ether oxygens (including phenoxy) is 1. The first-order valence-electron chi connectivity index (χ1n) is 4.61. The van der Waals surface area contributed by atoms with E-state index in [0.29, 0.717) is 0 Å². The minimum Gasteiger partial charge on any atom is -1.00 e. The molecule has 84 valence electrons. The normalized spacial score (nSPS) is 8.82. The summed E-state index contributed by atoms with van der Waals surface area (Å²) >= 11 is 0. The molecule has 0 atom stereocenters. The average molecular weight is 305 g/mol. The molecule has 0 saturated carbocycles. The number of hydrogen-bond acceptors (Lipinski definition) is 1. The van der Waals surface area contributed by atoms with Crippen molar-refractivity contribution >= 4 is 23.1 Å². The van der Waals surface area contributed by atoms with Gasteiger partial charge in [-0.1, -0.05) is 11.6 Å². The molecule has 0 heterocycles. The molecule has 0 spiro atoms. The zero-order chi connectivity index (χ0) is 10.7. The van der Waals surface area contributed by atoms with Crippen molar-refractivity contribution in [3.8, 4) is 16.9 Å². The van der Waals surface area contributed by atoms with Gasteiger partial charge >= 0.3 is 23.1 Å². The summed E-state index contributed by atoms with van der Waals surface area (Å²) in [7, 11) is 1.45. The van der Waals surface area contributed by atoms with Crippen LogP contribution in [-0.4, -0.2) is 30.2 Å². The molecule has 0 aromatic heterocycles. The third kappa shape index (κ3) is 3.98. The van der Waals surface area contributed by atoms with Crippen molar-refractivity contribution < 1.29 is 26.1 Å². The Morgan fingerprint density at radius 2 is 1.94 bits per heavy atom. The van der Waals surface area contributed by atoms with E-state index in [9.17, 15) is 4.39 Å². The van der Waals surface area contributed by atoms with Crippen molar-refractivity contribution in [3.63, 3.8) is 0 Å². The fourth-order valence-electron chi connectivity index (χ4n) is 1.42. The molecule has 0 aliphatic rings. The summed E-state index contributed by atoms with van der Waals surface area (Å²) in [5.41, 5.74) is 1.77. The Balaban J connectivity index is 0.00000128. The Bertz CT molecular complexity index is 462. The molecule has 4 heteroatoms. The standard InChI is InChI=1S/C13H10FO.BrH.Mg/c1-15-13-8-7-11(9-12(13)14)10-5-3-2-4-6-10;;/h2-3,5-9H,1H3;1H;/q-1;;+2/p-1. The molecule has 0 unspecified atom stereocenters. The van der Waals surface area contributed by atoms with Crippen molar-refractivity contribution in [1.29, 1.82) is 0 Å². The predicted molar refractivity (Wildman–Crippen MR) is 63.0 cm³/mol. The minimum absolute atomic E-state index is 0. The van der Waals surface area contributed by atoms with Crippen molar-refractivity contribution in [2.75, 3.05) is 7.11 Å². The molecule has 17 heavy (non-hydrogen) atoms. The van der Waals surface area contributed by atoms with Crippen LogP contribution in [-0.2, 0) is 0 Å². The maximum absolute atomic E-state index is 13.4. The summed E-state index contributed by atoms with van der Waals surface area (Å²) in [6, 6.07) is 15.3. The van der Waals surface area contributed by atoms with E-state index in [4.69, 9.17) is 4.74 Å². The molecule has 2 aromatic rings. The molecular weight excluding hydrogens is 295 g/mol. The van der Waals surface area contributed by atoms with Crippen LogP contribution >= 0.6 is 0 Å². The van der Waals surface area contributed by atoms with E-state index in [-0.39, 0.29) is 51.6 Å². The van der Waals surface area contributed by atoms with Gasteiger partial charge in [0.15, 0.2) is 11.6 Å². The van der Waals surface area contributed by atoms with Crippen LogP contribution in [0.15, 0.2) is 42.5 Å².